The molecule has 0 spiro atoms. The van der Waals surface area contributed by atoms with Crippen LogP contribution in [0, 0.1) is 23.0 Å². The topological polar surface area (TPSA) is 33.0 Å². The molecule has 0 aliphatic carbocycles. The molecule has 0 aliphatic heterocycles. The molecular formula is C13H6ClF2NO. The van der Waals surface area contributed by atoms with Crippen LogP contribution in [-0.4, -0.2) is 0 Å². The summed E-state index contributed by atoms with van der Waals surface area (Å²) in [5, 5.41) is 8.87. The Morgan fingerprint density at radius 2 is 1.89 bits per heavy atom. The van der Waals surface area contributed by atoms with E-state index in [1.54, 1.807) is 6.07 Å². The Balaban J connectivity index is 2.41. The smallest absolute Gasteiger partial charge is 0.148 e. The molecule has 0 aliphatic rings. The average molecular weight is 266 g/mol. The number of rotatable bonds is 2. The van der Waals surface area contributed by atoms with Gasteiger partial charge in [-0.05, 0) is 30.3 Å². The average Bonchev–Trinajstić information content (AvgIpc) is 2.33. The fourth-order valence-corrected chi connectivity index (χ4v) is 1.58. The first-order valence-corrected chi connectivity index (χ1v) is 5.31. The van der Waals surface area contributed by atoms with E-state index in [1.807, 2.05) is 0 Å². The largest absolute Gasteiger partial charge is 0.454 e. The summed E-state index contributed by atoms with van der Waals surface area (Å²) in [6.45, 7) is 0. The second-order valence-corrected chi connectivity index (χ2v) is 3.81. The van der Waals surface area contributed by atoms with E-state index >= 15 is 0 Å². The van der Waals surface area contributed by atoms with Crippen LogP contribution < -0.4 is 4.74 Å². The van der Waals surface area contributed by atoms with Crippen LogP contribution in [0.4, 0.5) is 8.78 Å². The molecule has 0 heterocycles. The van der Waals surface area contributed by atoms with Crippen LogP contribution in [0.25, 0.3) is 0 Å². The number of nitrogens with zero attached hydrogens (tertiary/aromatic N) is 1. The van der Waals surface area contributed by atoms with Crippen LogP contribution in [0.3, 0.4) is 0 Å². The molecule has 0 saturated heterocycles. The molecule has 2 aromatic carbocycles. The highest BCUT2D eigenvalue weighted by molar-refractivity contribution is 6.32. The molecule has 0 saturated carbocycles. The zero-order valence-corrected chi connectivity index (χ0v) is 9.71. The normalized spacial score (nSPS) is 9.89. The van der Waals surface area contributed by atoms with Crippen molar-refractivity contribution < 1.29 is 13.5 Å². The van der Waals surface area contributed by atoms with Crippen molar-refractivity contribution in [3.8, 4) is 17.6 Å². The molecule has 0 amide bonds. The second kappa shape index (κ2) is 5.03. The number of nitriles is 1. The Morgan fingerprint density at radius 3 is 2.56 bits per heavy atom. The Morgan fingerprint density at radius 1 is 1.11 bits per heavy atom. The van der Waals surface area contributed by atoms with Gasteiger partial charge < -0.3 is 4.74 Å². The van der Waals surface area contributed by atoms with Crippen molar-refractivity contribution in [3.05, 3.63) is 58.6 Å². The van der Waals surface area contributed by atoms with Crippen molar-refractivity contribution in [1.29, 1.82) is 5.26 Å². The van der Waals surface area contributed by atoms with Gasteiger partial charge in [-0.15, -0.1) is 0 Å². The lowest BCUT2D eigenvalue weighted by atomic mass is 10.2. The van der Waals surface area contributed by atoms with Gasteiger partial charge >= 0.3 is 0 Å². The van der Waals surface area contributed by atoms with Crippen LogP contribution in [-0.2, 0) is 0 Å². The van der Waals surface area contributed by atoms with E-state index in [2.05, 4.69) is 0 Å². The van der Waals surface area contributed by atoms with E-state index in [-0.39, 0.29) is 22.1 Å². The number of hydrogen-bond donors (Lipinski definition) is 0. The van der Waals surface area contributed by atoms with E-state index in [4.69, 9.17) is 21.6 Å². The van der Waals surface area contributed by atoms with Crippen molar-refractivity contribution >= 4 is 11.6 Å². The first kappa shape index (κ1) is 12.3. The van der Waals surface area contributed by atoms with Crippen LogP contribution in [0.1, 0.15) is 5.56 Å². The zero-order chi connectivity index (χ0) is 13.1. The third-order valence-corrected chi connectivity index (χ3v) is 2.50. The zero-order valence-electron chi connectivity index (χ0n) is 8.95. The minimum atomic E-state index is -0.687. The molecule has 0 atom stereocenters. The predicted octanol–water partition coefficient (Wildman–Crippen LogP) is 4.28. The van der Waals surface area contributed by atoms with Crippen molar-refractivity contribution in [1.82, 2.24) is 0 Å². The second-order valence-electron chi connectivity index (χ2n) is 3.40. The fourth-order valence-electron chi connectivity index (χ4n) is 1.37. The van der Waals surface area contributed by atoms with Gasteiger partial charge in [0.1, 0.15) is 34.8 Å². The standard InChI is InChI=1S/C13H6ClF2NO/c14-10-6-8(15)4-5-13(10)18-12-3-1-2-11(16)9(12)7-17/h1-6H. The number of benzene rings is 2. The van der Waals surface area contributed by atoms with Gasteiger partial charge in [0.25, 0.3) is 0 Å². The molecule has 0 radical (unpaired) electrons. The highest BCUT2D eigenvalue weighted by atomic mass is 35.5. The van der Waals surface area contributed by atoms with E-state index in [9.17, 15) is 8.78 Å². The van der Waals surface area contributed by atoms with Gasteiger partial charge in [0.05, 0.1) is 5.02 Å². The maximum atomic E-state index is 13.3. The number of ether oxygens (including phenoxy) is 1. The molecule has 0 aromatic heterocycles. The molecule has 5 heteroatoms. The Kier molecular flexibility index (Phi) is 3.45. The van der Waals surface area contributed by atoms with E-state index in [1.165, 1.54) is 18.2 Å². The summed E-state index contributed by atoms with van der Waals surface area (Å²) in [4.78, 5) is 0. The first-order chi connectivity index (χ1) is 8.61. The van der Waals surface area contributed by atoms with Crippen LogP contribution >= 0.6 is 11.6 Å². The number of hydrogen-bond acceptors (Lipinski definition) is 2. The van der Waals surface area contributed by atoms with Gasteiger partial charge in [-0.3, -0.25) is 0 Å². The Bertz CT molecular complexity index is 637. The minimum absolute atomic E-state index is 0.0333. The van der Waals surface area contributed by atoms with Crippen molar-refractivity contribution in [2.45, 2.75) is 0 Å². The van der Waals surface area contributed by atoms with Gasteiger partial charge in [-0.1, -0.05) is 17.7 Å². The van der Waals surface area contributed by atoms with Crippen LogP contribution in [0.2, 0.25) is 5.02 Å². The summed E-state index contributed by atoms with van der Waals surface area (Å²) in [6.07, 6.45) is 0. The van der Waals surface area contributed by atoms with Gasteiger partial charge in [0, 0.05) is 0 Å². The summed E-state index contributed by atoms with van der Waals surface area (Å²) < 4.78 is 31.5. The summed E-state index contributed by atoms with van der Waals surface area (Å²) >= 11 is 5.77. The third kappa shape index (κ3) is 2.41. The predicted molar refractivity (Wildman–Crippen MR) is 62.6 cm³/mol. The SMILES string of the molecule is N#Cc1c(F)cccc1Oc1ccc(F)cc1Cl. The minimum Gasteiger partial charge on any atom is -0.454 e. The Labute approximate surface area is 107 Å². The van der Waals surface area contributed by atoms with Crippen molar-refractivity contribution in [2.75, 3.05) is 0 Å². The molecule has 0 N–H and O–H groups in total. The summed E-state index contributed by atoms with van der Waals surface area (Å²) in [7, 11) is 0. The van der Waals surface area contributed by atoms with E-state index in [0.717, 1.165) is 18.2 Å². The lowest BCUT2D eigenvalue weighted by molar-refractivity contribution is 0.473. The fraction of sp³-hybridized carbons (Fsp3) is 0. The lowest BCUT2D eigenvalue weighted by Gasteiger charge is -2.09. The number of halogens is 3. The van der Waals surface area contributed by atoms with Crippen LogP contribution in [0.5, 0.6) is 11.5 Å². The molecule has 0 unspecified atom stereocenters. The van der Waals surface area contributed by atoms with Crippen molar-refractivity contribution in [3.63, 3.8) is 0 Å². The molecule has 90 valence electrons. The van der Waals surface area contributed by atoms with Crippen molar-refractivity contribution in [2.24, 2.45) is 0 Å². The summed E-state index contributed by atoms with van der Waals surface area (Å²) in [5.74, 6) is -1.01. The highest BCUT2D eigenvalue weighted by Gasteiger charge is 2.11. The van der Waals surface area contributed by atoms with Gasteiger partial charge in [-0.25, -0.2) is 8.78 Å². The van der Waals surface area contributed by atoms with E-state index in [0.29, 0.717) is 0 Å². The Hall–Kier alpha value is -2.12. The molecule has 2 rings (SSSR count). The van der Waals surface area contributed by atoms with Gasteiger partial charge in [-0.2, -0.15) is 5.26 Å². The monoisotopic (exact) mass is 265 g/mol. The van der Waals surface area contributed by atoms with Gasteiger partial charge in [0.15, 0.2) is 0 Å². The first-order valence-electron chi connectivity index (χ1n) is 4.93. The third-order valence-electron chi connectivity index (χ3n) is 2.20. The molecule has 2 nitrogen and oxygen atoms in total. The molecule has 0 bridgehead atoms. The van der Waals surface area contributed by atoms with E-state index < -0.39 is 11.6 Å². The quantitative estimate of drug-likeness (QED) is 0.812. The summed E-state index contributed by atoms with van der Waals surface area (Å²) in [6, 6.07) is 9.23. The lowest BCUT2D eigenvalue weighted by Crippen LogP contribution is -1.92. The molecule has 18 heavy (non-hydrogen) atoms. The highest BCUT2D eigenvalue weighted by Crippen LogP contribution is 2.32. The molecule has 2 aromatic rings. The maximum absolute atomic E-state index is 13.3. The maximum Gasteiger partial charge on any atom is 0.148 e. The summed E-state index contributed by atoms with van der Waals surface area (Å²) in [5.41, 5.74) is -0.224. The van der Waals surface area contributed by atoms with Gasteiger partial charge in [0.2, 0.25) is 0 Å². The molecular weight excluding hydrogens is 260 g/mol. The van der Waals surface area contributed by atoms with Crippen LogP contribution in [0.15, 0.2) is 36.4 Å². The molecule has 0 fully saturated rings.